The van der Waals surface area contributed by atoms with Crippen molar-refractivity contribution in [2.45, 2.75) is 38.6 Å². The van der Waals surface area contributed by atoms with E-state index in [2.05, 4.69) is 21.2 Å². The summed E-state index contributed by atoms with van der Waals surface area (Å²) in [4.78, 5) is 12.3. The van der Waals surface area contributed by atoms with Gasteiger partial charge in [0.25, 0.3) is 5.91 Å². The van der Waals surface area contributed by atoms with Crippen molar-refractivity contribution in [2.75, 3.05) is 7.11 Å². The number of hydrogen-bond donors (Lipinski definition) is 1. The number of nitrogens with one attached hydrogen (secondary N) is 1. The second-order valence-corrected chi connectivity index (χ2v) is 5.56. The van der Waals surface area contributed by atoms with E-state index < -0.39 is 0 Å². The summed E-state index contributed by atoms with van der Waals surface area (Å²) in [6.45, 7) is 1.91. The van der Waals surface area contributed by atoms with Gasteiger partial charge in [-0.3, -0.25) is 4.79 Å². The second kappa shape index (κ2) is 5.74. The molecule has 1 fully saturated rings. The van der Waals surface area contributed by atoms with Gasteiger partial charge in [0.1, 0.15) is 5.75 Å². The molecule has 1 N–H and O–H groups in total. The first kappa shape index (κ1) is 13.4. The SMILES string of the molecule is COc1ccc(Br)c(C(=O)NC2CCCC2)c1C. The van der Waals surface area contributed by atoms with Crippen LogP contribution in [0.25, 0.3) is 0 Å². The van der Waals surface area contributed by atoms with E-state index in [1.807, 2.05) is 19.1 Å². The van der Waals surface area contributed by atoms with Gasteiger partial charge in [0.2, 0.25) is 0 Å². The van der Waals surface area contributed by atoms with Crippen LogP contribution in [0, 0.1) is 6.92 Å². The fourth-order valence-corrected chi connectivity index (χ4v) is 3.10. The standard InChI is InChI=1S/C14H18BrNO2/c1-9-12(18-2)8-7-11(15)13(9)14(17)16-10-5-3-4-6-10/h7-8,10H,3-6H2,1-2H3,(H,16,17). The second-order valence-electron chi connectivity index (χ2n) is 4.70. The molecule has 1 aliphatic carbocycles. The van der Waals surface area contributed by atoms with E-state index in [4.69, 9.17) is 4.74 Å². The van der Waals surface area contributed by atoms with Crippen molar-refractivity contribution in [2.24, 2.45) is 0 Å². The summed E-state index contributed by atoms with van der Waals surface area (Å²) in [7, 11) is 1.62. The fraction of sp³-hybridized carbons (Fsp3) is 0.500. The molecule has 0 atom stereocenters. The first-order valence-corrected chi connectivity index (χ1v) is 7.06. The molecule has 2 rings (SSSR count). The topological polar surface area (TPSA) is 38.3 Å². The highest BCUT2D eigenvalue weighted by Crippen LogP contribution is 2.29. The summed E-state index contributed by atoms with van der Waals surface area (Å²) in [5, 5.41) is 3.10. The number of carbonyl (C=O) groups is 1. The summed E-state index contributed by atoms with van der Waals surface area (Å²) >= 11 is 3.44. The fourth-order valence-electron chi connectivity index (χ4n) is 2.49. The predicted molar refractivity (Wildman–Crippen MR) is 75.2 cm³/mol. The molecule has 1 aromatic rings. The third-order valence-corrected chi connectivity index (χ3v) is 4.16. The van der Waals surface area contributed by atoms with Gasteiger partial charge in [-0.15, -0.1) is 0 Å². The molecule has 4 heteroatoms. The lowest BCUT2D eigenvalue weighted by Gasteiger charge is -2.16. The Morgan fingerprint density at radius 3 is 2.67 bits per heavy atom. The number of methoxy groups -OCH3 is 1. The molecule has 1 amide bonds. The summed E-state index contributed by atoms with van der Waals surface area (Å²) in [5.41, 5.74) is 1.56. The van der Waals surface area contributed by atoms with Gasteiger partial charge in [0.05, 0.1) is 12.7 Å². The van der Waals surface area contributed by atoms with Crippen LogP contribution >= 0.6 is 15.9 Å². The summed E-state index contributed by atoms with van der Waals surface area (Å²) in [5.74, 6) is 0.736. The number of rotatable bonds is 3. The van der Waals surface area contributed by atoms with Gasteiger partial charge in [-0.2, -0.15) is 0 Å². The molecule has 98 valence electrons. The largest absolute Gasteiger partial charge is 0.496 e. The van der Waals surface area contributed by atoms with Crippen LogP contribution in [0.2, 0.25) is 0 Å². The van der Waals surface area contributed by atoms with Gasteiger partial charge in [-0.1, -0.05) is 12.8 Å². The molecule has 0 heterocycles. The average Bonchev–Trinajstić information content (AvgIpc) is 2.82. The van der Waals surface area contributed by atoms with Crippen molar-refractivity contribution >= 4 is 21.8 Å². The third kappa shape index (κ3) is 2.69. The molecule has 1 saturated carbocycles. The van der Waals surface area contributed by atoms with Gasteiger partial charge in [0, 0.05) is 16.1 Å². The molecule has 0 bridgehead atoms. The van der Waals surface area contributed by atoms with Crippen LogP contribution in [0.3, 0.4) is 0 Å². The number of amides is 1. The Morgan fingerprint density at radius 2 is 2.06 bits per heavy atom. The van der Waals surface area contributed by atoms with E-state index in [0.717, 1.165) is 28.6 Å². The minimum Gasteiger partial charge on any atom is -0.496 e. The highest BCUT2D eigenvalue weighted by atomic mass is 79.9. The molecule has 0 radical (unpaired) electrons. The van der Waals surface area contributed by atoms with Gasteiger partial charge < -0.3 is 10.1 Å². The Kier molecular flexibility index (Phi) is 4.27. The molecule has 1 aromatic carbocycles. The normalized spacial score (nSPS) is 15.7. The predicted octanol–water partition coefficient (Wildman–Crippen LogP) is 3.44. The summed E-state index contributed by atoms with van der Waals surface area (Å²) in [6, 6.07) is 4.05. The van der Waals surface area contributed by atoms with Crippen molar-refractivity contribution < 1.29 is 9.53 Å². The molecule has 0 aromatic heterocycles. The van der Waals surface area contributed by atoms with E-state index in [0.29, 0.717) is 11.6 Å². The van der Waals surface area contributed by atoms with Gasteiger partial charge >= 0.3 is 0 Å². The number of hydrogen-bond acceptors (Lipinski definition) is 2. The van der Waals surface area contributed by atoms with E-state index in [1.54, 1.807) is 7.11 Å². The van der Waals surface area contributed by atoms with Gasteiger partial charge in [0.15, 0.2) is 0 Å². The van der Waals surface area contributed by atoms with Gasteiger partial charge in [-0.05, 0) is 47.8 Å². The monoisotopic (exact) mass is 311 g/mol. The van der Waals surface area contributed by atoms with Crippen LogP contribution in [0.15, 0.2) is 16.6 Å². The molecule has 0 spiro atoms. The highest BCUT2D eigenvalue weighted by Gasteiger charge is 2.21. The number of halogens is 1. The Balaban J connectivity index is 2.23. The van der Waals surface area contributed by atoms with E-state index >= 15 is 0 Å². The van der Waals surface area contributed by atoms with Crippen LogP contribution in [0.1, 0.15) is 41.6 Å². The molecular formula is C14H18BrNO2. The van der Waals surface area contributed by atoms with Crippen LogP contribution in [0.4, 0.5) is 0 Å². The zero-order valence-corrected chi connectivity index (χ0v) is 12.3. The Bertz CT molecular complexity index is 453. The minimum absolute atomic E-state index is 0.00910. The molecule has 18 heavy (non-hydrogen) atoms. The lowest BCUT2D eigenvalue weighted by atomic mass is 10.1. The number of carbonyl (C=O) groups excluding carboxylic acids is 1. The third-order valence-electron chi connectivity index (χ3n) is 3.50. The molecule has 1 aliphatic rings. The molecule has 0 saturated heterocycles. The first-order chi connectivity index (χ1) is 8.63. The number of benzene rings is 1. The zero-order valence-electron chi connectivity index (χ0n) is 10.8. The molecule has 3 nitrogen and oxygen atoms in total. The maximum Gasteiger partial charge on any atom is 0.253 e. The van der Waals surface area contributed by atoms with Crippen molar-refractivity contribution in [1.29, 1.82) is 0 Å². The first-order valence-electron chi connectivity index (χ1n) is 6.27. The zero-order chi connectivity index (χ0) is 13.1. The van der Waals surface area contributed by atoms with E-state index in [-0.39, 0.29) is 5.91 Å². The quantitative estimate of drug-likeness (QED) is 0.928. The minimum atomic E-state index is -0.00910. The summed E-state index contributed by atoms with van der Waals surface area (Å²) in [6.07, 6.45) is 4.60. The molecule has 0 unspecified atom stereocenters. The van der Waals surface area contributed by atoms with E-state index in [1.165, 1.54) is 12.8 Å². The van der Waals surface area contributed by atoms with Crippen molar-refractivity contribution in [3.05, 3.63) is 27.7 Å². The Labute approximate surface area is 116 Å². The van der Waals surface area contributed by atoms with E-state index in [9.17, 15) is 4.79 Å². The van der Waals surface area contributed by atoms with Gasteiger partial charge in [-0.25, -0.2) is 0 Å². The maximum atomic E-state index is 12.3. The molecule has 0 aliphatic heterocycles. The lowest BCUT2D eigenvalue weighted by molar-refractivity contribution is 0.0936. The Hall–Kier alpha value is -1.03. The highest BCUT2D eigenvalue weighted by molar-refractivity contribution is 9.10. The van der Waals surface area contributed by atoms with Crippen LogP contribution in [-0.4, -0.2) is 19.1 Å². The van der Waals surface area contributed by atoms with Crippen molar-refractivity contribution in [3.8, 4) is 5.75 Å². The van der Waals surface area contributed by atoms with Crippen molar-refractivity contribution in [3.63, 3.8) is 0 Å². The van der Waals surface area contributed by atoms with Crippen molar-refractivity contribution in [1.82, 2.24) is 5.32 Å². The van der Waals surface area contributed by atoms with Crippen LogP contribution in [0.5, 0.6) is 5.75 Å². The number of ether oxygens (including phenoxy) is 1. The molecular weight excluding hydrogens is 294 g/mol. The average molecular weight is 312 g/mol. The lowest BCUT2D eigenvalue weighted by Crippen LogP contribution is -2.33. The summed E-state index contributed by atoms with van der Waals surface area (Å²) < 4.78 is 6.08. The Morgan fingerprint density at radius 1 is 1.39 bits per heavy atom. The maximum absolute atomic E-state index is 12.3. The van der Waals surface area contributed by atoms with Crippen LogP contribution < -0.4 is 10.1 Å². The smallest absolute Gasteiger partial charge is 0.253 e. The van der Waals surface area contributed by atoms with Crippen LogP contribution in [-0.2, 0) is 0 Å².